The van der Waals surface area contributed by atoms with Crippen LogP contribution in [-0.2, 0) is 0 Å². The molecule has 0 aliphatic rings. The van der Waals surface area contributed by atoms with Gasteiger partial charge in [-0.3, -0.25) is 5.32 Å². The number of hydrogen-bond acceptors (Lipinski definition) is 3. The number of hydrogen-bond donors (Lipinski definition) is 2. The Labute approximate surface area is 96.8 Å². The fraction of sp³-hybridized carbons (Fsp3) is 0.444. The Morgan fingerprint density at radius 3 is 2.60 bits per heavy atom. The lowest BCUT2D eigenvalue weighted by molar-refractivity contribution is 0.250. The first-order valence-electron chi connectivity index (χ1n) is 4.60. The van der Waals surface area contributed by atoms with Gasteiger partial charge in [0.15, 0.2) is 0 Å². The molecule has 5 nitrogen and oxygen atoms in total. The molecule has 1 aromatic heterocycles. The highest BCUT2D eigenvalue weighted by Gasteiger charge is 2.03. The van der Waals surface area contributed by atoms with Gasteiger partial charge in [-0.25, -0.2) is 14.8 Å². The molecule has 0 aliphatic heterocycles. The van der Waals surface area contributed by atoms with Gasteiger partial charge in [-0.1, -0.05) is 13.8 Å². The van der Waals surface area contributed by atoms with E-state index < -0.39 is 0 Å². The maximum Gasteiger partial charge on any atom is 0.321 e. The van der Waals surface area contributed by atoms with Crippen molar-refractivity contribution >= 4 is 27.9 Å². The second-order valence-electron chi connectivity index (χ2n) is 3.45. The molecular weight excluding hydrogens is 260 g/mol. The summed E-state index contributed by atoms with van der Waals surface area (Å²) in [6.07, 6.45) is 3.15. The number of urea groups is 1. The molecule has 1 rings (SSSR count). The van der Waals surface area contributed by atoms with Gasteiger partial charge in [-0.15, -0.1) is 0 Å². The summed E-state index contributed by atoms with van der Waals surface area (Å²) in [4.78, 5) is 19.1. The molecule has 0 saturated heterocycles. The number of nitrogens with zero attached hydrogens (tertiary/aromatic N) is 2. The topological polar surface area (TPSA) is 66.9 Å². The number of anilines is 1. The number of carbonyl (C=O) groups excluding carboxylic acids is 1. The van der Waals surface area contributed by atoms with Crippen LogP contribution in [0.25, 0.3) is 0 Å². The van der Waals surface area contributed by atoms with Gasteiger partial charge in [0.25, 0.3) is 0 Å². The van der Waals surface area contributed by atoms with Gasteiger partial charge in [0.2, 0.25) is 5.95 Å². The zero-order valence-corrected chi connectivity index (χ0v) is 10.2. The molecule has 2 N–H and O–H groups in total. The summed E-state index contributed by atoms with van der Waals surface area (Å²) in [5.74, 6) is 0.709. The zero-order chi connectivity index (χ0) is 11.3. The van der Waals surface area contributed by atoms with Crippen LogP contribution < -0.4 is 10.6 Å². The molecule has 2 amide bonds. The van der Waals surface area contributed by atoms with Crippen molar-refractivity contribution in [2.75, 3.05) is 11.9 Å². The summed E-state index contributed by atoms with van der Waals surface area (Å²) >= 11 is 3.21. The van der Waals surface area contributed by atoms with Crippen LogP contribution in [0.1, 0.15) is 13.8 Å². The van der Waals surface area contributed by atoms with Gasteiger partial charge in [0.05, 0.1) is 4.47 Å². The molecule has 1 heterocycles. The van der Waals surface area contributed by atoms with Crippen molar-refractivity contribution in [3.8, 4) is 0 Å². The number of amides is 2. The molecule has 6 heteroatoms. The Kier molecular flexibility index (Phi) is 4.48. The summed E-state index contributed by atoms with van der Waals surface area (Å²) in [5, 5.41) is 5.23. The summed E-state index contributed by atoms with van der Waals surface area (Å²) < 4.78 is 0.774. The Balaban J connectivity index is 2.41. The summed E-state index contributed by atoms with van der Waals surface area (Å²) in [6.45, 7) is 4.68. The molecule has 0 aliphatic carbocycles. The van der Waals surface area contributed by atoms with Crippen LogP contribution >= 0.6 is 15.9 Å². The summed E-state index contributed by atoms with van der Waals surface area (Å²) in [5.41, 5.74) is 0. The minimum absolute atomic E-state index is 0.286. The maximum atomic E-state index is 11.3. The van der Waals surface area contributed by atoms with Gasteiger partial charge in [-0.2, -0.15) is 0 Å². The van der Waals surface area contributed by atoms with E-state index >= 15 is 0 Å². The minimum Gasteiger partial charge on any atom is -0.338 e. The van der Waals surface area contributed by atoms with Crippen LogP contribution in [0.2, 0.25) is 0 Å². The van der Waals surface area contributed by atoms with Crippen molar-refractivity contribution in [1.29, 1.82) is 0 Å². The maximum absolute atomic E-state index is 11.3. The van der Waals surface area contributed by atoms with E-state index in [0.29, 0.717) is 18.4 Å². The predicted octanol–water partition coefficient (Wildman–Crippen LogP) is 2.02. The van der Waals surface area contributed by atoms with Crippen molar-refractivity contribution in [2.45, 2.75) is 13.8 Å². The highest BCUT2D eigenvalue weighted by atomic mass is 79.9. The molecule has 0 bridgehead atoms. The first-order valence-corrected chi connectivity index (χ1v) is 5.39. The Bertz CT molecular complexity index is 325. The third-order valence-electron chi connectivity index (χ3n) is 1.52. The highest BCUT2D eigenvalue weighted by molar-refractivity contribution is 9.10. The largest absolute Gasteiger partial charge is 0.338 e. The van der Waals surface area contributed by atoms with E-state index in [4.69, 9.17) is 0 Å². The molecule has 15 heavy (non-hydrogen) atoms. The number of rotatable bonds is 3. The smallest absolute Gasteiger partial charge is 0.321 e. The predicted molar refractivity (Wildman–Crippen MR) is 61.6 cm³/mol. The first kappa shape index (κ1) is 11.9. The average molecular weight is 273 g/mol. The lowest BCUT2D eigenvalue weighted by Gasteiger charge is -2.07. The SMILES string of the molecule is CC(C)CNC(=O)Nc1ncc(Br)cn1. The van der Waals surface area contributed by atoms with E-state index in [1.807, 2.05) is 13.8 Å². The van der Waals surface area contributed by atoms with E-state index in [2.05, 4.69) is 36.5 Å². The third kappa shape index (κ3) is 4.73. The molecular formula is C9H13BrN4O. The van der Waals surface area contributed by atoms with Gasteiger partial charge < -0.3 is 5.32 Å². The molecule has 0 saturated carbocycles. The van der Waals surface area contributed by atoms with Gasteiger partial charge in [0, 0.05) is 18.9 Å². The lowest BCUT2D eigenvalue weighted by atomic mass is 10.2. The van der Waals surface area contributed by atoms with E-state index in [9.17, 15) is 4.79 Å². The molecule has 0 atom stereocenters. The molecule has 0 radical (unpaired) electrons. The van der Waals surface area contributed by atoms with Crippen LogP contribution in [0.3, 0.4) is 0 Å². The molecule has 82 valence electrons. The van der Waals surface area contributed by atoms with Crippen molar-refractivity contribution < 1.29 is 4.79 Å². The van der Waals surface area contributed by atoms with E-state index in [0.717, 1.165) is 4.47 Å². The second-order valence-corrected chi connectivity index (χ2v) is 4.37. The number of nitrogens with one attached hydrogen (secondary N) is 2. The van der Waals surface area contributed by atoms with Gasteiger partial charge in [-0.05, 0) is 21.8 Å². The Morgan fingerprint density at radius 1 is 1.47 bits per heavy atom. The highest BCUT2D eigenvalue weighted by Crippen LogP contribution is 2.06. The molecule has 0 fully saturated rings. The van der Waals surface area contributed by atoms with Gasteiger partial charge >= 0.3 is 6.03 Å². The molecule has 0 aromatic carbocycles. The van der Waals surface area contributed by atoms with Crippen molar-refractivity contribution in [3.05, 3.63) is 16.9 Å². The Morgan fingerprint density at radius 2 is 2.07 bits per heavy atom. The molecule has 0 spiro atoms. The fourth-order valence-corrected chi connectivity index (χ4v) is 1.02. The van der Waals surface area contributed by atoms with Crippen LogP contribution in [0.4, 0.5) is 10.7 Å². The van der Waals surface area contributed by atoms with Crippen LogP contribution in [-0.4, -0.2) is 22.5 Å². The van der Waals surface area contributed by atoms with Crippen LogP contribution in [0, 0.1) is 5.92 Å². The molecule has 0 unspecified atom stereocenters. The normalized spacial score (nSPS) is 10.1. The monoisotopic (exact) mass is 272 g/mol. The minimum atomic E-state index is -0.286. The lowest BCUT2D eigenvalue weighted by Crippen LogP contribution is -2.32. The third-order valence-corrected chi connectivity index (χ3v) is 1.93. The zero-order valence-electron chi connectivity index (χ0n) is 8.62. The van der Waals surface area contributed by atoms with Gasteiger partial charge in [0.1, 0.15) is 0 Å². The Hall–Kier alpha value is -1.17. The number of halogens is 1. The standard InChI is InChI=1S/C9H13BrN4O/c1-6(2)3-13-9(15)14-8-11-4-7(10)5-12-8/h4-6H,3H2,1-2H3,(H2,11,12,13,14,15). The van der Waals surface area contributed by atoms with Crippen molar-refractivity contribution in [1.82, 2.24) is 15.3 Å². The van der Waals surface area contributed by atoms with Crippen LogP contribution in [0.5, 0.6) is 0 Å². The van der Waals surface area contributed by atoms with Crippen molar-refractivity contribution in [3.63, 3.8) is 0 Å². The summed E-state index contributed by atoms with van der Waals surface area (Å²) in [6, 6.07) is -0.286. The number of carbonyl (C=O) groups is 1. The van der Waals surface area contributed by atoms with Crippen LogP contribution in [0.15, 0.2) is 16.9 Å². The average Bonchev–Trinajstić information content (AvgIpc) is 2.19. The molecule has 1 aromatic rings. The summed E-state index contributed by atoms with van der Waals surface area (Å²) in [7, 11) is 0. The van der Waals surface area contributed by atoms with Crippen molar-refractivity contribution in [2.24, 2.45) is 5.92 Å². The quantitative estimate of drug-likeness (QED) is 0.885. The van der Waals surface area contributed by atoms with E-state index in [1.54, 1.807) is 12.4 Å². The fourth-order valence-electron chi connectivity index (χ4n) is 0.819. The number of aromatic nitrogens is 2. The van der Waals surface area contributed by atoms with E-state index in [-0.39, 0.29) is 6.03 Å². The second kappa shape index (κ2) is 5.65. The van der Waals surface area contributed by atoms with E-state index in [1.165, 1.54) is 0 Å². The first-order chi connectivity index (χ1) is 7.08.